The Morgan fingerprint density at radius 2 is 0.978 bits per heavy atom. The van der Waals surface area contributed by atoms with Gasteiger partial charge in [0.05, 0.1) is 26.4 Å². The first kappa shape index (κ1) is 34.1. The fraction of sp³-hybridized carbons (Fsp3) is 1.00. The summed E-state index contributed by atoms with van der Waals surface area (Å²) >= 11 is 0. The number of rotatable bonds is 10. The second-order valence-corrected chi connectivity index (χ2v) is 11.9. The molecule has 0 aromatic heterocycles. The summed E-state index contributed by atoms with van der Waals surface area (Å²) in [6.45, 7) is -0.291. The fourth-order valence-corrected chi connectivity index (χ4v) is 6.58. The number of aliphatic hydroxyl groups is 8. The second-order valence-electron chi connectivity index (χ2n) is 11.9. The average molecular weight is 659 g/mol. The third-order valence-corrected chi connectivity index (χ3v) is 9.00. The molecule has 6 heterocycles. The van der Waals surface area contributed by atoms with Gasteiger partial charge in [-0.15, -0.1) is 0 Å². The van der Waals surface area contributed by atoms with Crippen molar-refractivity contribution in [2.75, 3.05) is 40.6 Å². The number of methoxy groups -OCH3 is 2. The molecular weight excluding hydrogens is 616 g/mol. The number of ether oxygens (including phenoxy) is 11. The quantitative estimate of drug-likeness (QED) is 0.108. The molecule has 4 bridgehead atoms. The minimum atomic E-state index is -1.70. The van der Waals surface area contributed by atoms with E-state index in [2.05, 4.69) is 0 Å². The van der Waals surface area contributed by atoms with E-state index >= 15 is 0 Å². The van der Waals surface area contributed by atoms with Gasteiger partial charge in [-0.05, 0) is 0 Å². The van der Waals surface area contributed by atoms with E-state index in [4.69, 9.17) is 52.1 Å². The predicted molar refractivity (Wildman–Crippen MR) is 137 cm³/mol. The monoisotopic (exact) mass is 658 g/mol. The summed E-state index contributed by atoms with van der Waals surface area (Å²) in [4.78, 5) is 0. The molecule has 8 N–H and O–H groups in total. The molecule has 0 saturated carbocycles. The van der Waals surface area contributed by atoms with Crippen LogP contribution in [0.3, 0.4) is 0 Å². The molecule has 0 spiro atoms. The van der Waals surface area contributed by atoms with Gasteiger partial charge in [0.25, 0.3) is 0 Å². The molecule has 6 rings (SSSR count). The number of hydrogen-bond donors (Lipinski definition) is 8. The van der Waals surface area contributed by atoms with Gasteiger partial charge >= 0.3 is 0 Å². The Balaban J connectivity index is 1.13. The first-order chi connectivity index (χ1) is 21.5. The topological polar surface area (TPSA) is 263 Å². The first-order valence-corrected chi connectivity index (χ1v) is 14.8. The van der Waals surface area contributed by atoms with Crippen LogP contribution in [0.25, 0.3) is 0 Å². The van der Waals surface area contributed by atoms with Crippen molar-refractivity contribution in [3.8, 4) is 0 Å². The lowest BCUT2D eigenvalue weighted by Crippen LogP contribution is -2.65. The Morgan fingerprint density at radius 3 is 1.62 bits per heavy atom. The van der Waals surface area contributed by atoms with E-state index < -0.39 is 123 Å². The summed E-state index contributed by atoms with van der Waals surface area (Å²) in [5, 5.41) is 85.4. The Labute approximate surface area is 256 Å². The molecule has 45 heavy (non-hydrogen) atoms. The molecule has 0 amide bonds. The lowest BCUT2D eigenvalue weighted by molar-refractivity contribution is -0.372. The molecule has 0 radical (unpaired) electrons. The summed E-state index contributed by atoms with van der Waals surface area (Å²) in [5.41, 5.74) is 0. The van der Waals surface area contributed by atoms with Gasteiger partial charge in [-0.2, -0.15) is 0 Å². The maximum atomic E-state index is 11.2. The molecule has 0 aromatic carbocycles. The highest BCUT2D eigenvalue weighted by Crippen LogP contribution is 2.38. The Hall–Kier alpha value is -0.760. The molecule has 0 aliphatic carbocycles. The smallest absolute Gasteiger partial charge is 0.187 e. The maximum Gasteiger partial charge on any atom is 0.187 e. The van der Waals surface area contributed by atoms with Gasteiger partial charge in [0.1, 0.15) is 97.7 Å². The minimum absolute atomic E-state index is 0.0257. The van der Waals surface area contributed by atoms with Crippen LogP contribution in [0.1, 0.15) is 0 Å². The molecule has 0 unspecified atom stereocenters. The number of fused-ring (bicyclic) bond motifs is 4. The van der Waals surface area contributed by atoms with Crippen LogP contribution in [0, 0.1) is 0 Å². The van der Waals surface area contributed by atoms with E-state index in [1.54, 1.807) is 0 Å². The molecule has 0 aromatic rings. The van der Waals surface area contributed by atoms with Crippen molar-refractivity contribution in [3.05, 3.63) is 0 Å². The highest BCUT2D eigenvalue weighted by molar-refractivity contribution is 5.01. The second kappa shape index (κ2) is 14.0. The van der Waals surface area contributed by atoms with Crippen LogP contribution in [0.15, 0.2) is 0 Å². The van der Waals surface area contributed by atoms with E-state index in [9.17, 15) is 40.9 Å². The van der Waals surface area contributed by atoms with Gasteiger partial charge in [0.2, 0.25) is 0 Å². The van der Waals surface area contributed by atoms with Crippen molar-refractivity contribution < 1.29 is 93.0 Å². The van der Waals surface area contributed by atoms with Gasteiger partial charge in [-0.25, -0.2) is 0 Å². The van der Waals surface area contributed by atoms with Gasteiger partial charge in [0.15, 0.2) is 25.2 Å². The first-order valence-electron chi connectivity index (χ1n) is 14.8. The molecule has 6 aliphatic heterocycles. The zero-order chi connectivity index (χ0) is 32.2. The summed E-state index contributed by atoms with van der Waals surface area (Å²) in [6, 6.07) is 0. The number of aliphatic hydroxyl groups excluding tert-OH is 8. The predicted octanol–water partition coefficient (Wildman–Crippen LogP) is -6.35. The summed E-state index contributed by atoms with van der Waals surface area (Å²) < 4.78 is 61.3. The van der Waals surface area contributed by atoms with Crippen LogP contribution in [0.2, 0.25) is 0 Å². The van der Waals surface area contributed by atoms with E-state index in [-0.39, 0.29) is 26.4 Å². The zero-order valence-electron chi connectivity index (χ0n) is 24.4. The normalized spacial score (nSPS) is 54.8. The van der Waals surface area contributed by atoms with Gasteiger partial charge in [-0.3, -0.25) is 0 Å². The van der Waals surface area contributed by atoms with Gasteiger partial charge in [-0.1, -0.05) is 0 Å². The van der Waals surface area contributed by atoms with E-state index in [1.807, 2.05) is 0 Å². The van der Waals surface area contributed by atoms with Crippen LogP contribution in [-0.4, -0.2) is 204 Å². The van der Waals surface area contributed by atoms with Gasteiger partial charge in [0, 0.05) is 14.2 Å². The average Bonchev–Trinajstić information content (AvgIpc) is 3.47. The standard InChI is InChI=1S/C26H42O19/c1-35-3-7-12(28)20(14(30)23(34)39-7)44-26-17(33)22-18(10(42-26)6-38-22)43-25-16(32)21(13(29)8(40-25)4-36-2)45-24-15(31)19-11(27)9(41-24)5-37-19/h7-34H,3-6H2,1-2H3/t7-,8-,9+,10+,11-,12+,13+,14-,15+,16-,17+,18-,19-,20+,21+,22+,23+,24+,25+,26+/m1/s1. The van der Waals surface area contributed by atoms with Crippen LogP contribution in [0.5, 0.6) is 0 Å². The van der Waals surface area contributed by atoms with Gasteiger partial charge < -0.3 is 93.0 Å². The molecule has 20 atom stereocenters. The minimum Gasteiger partial charge on any atom is -0.387 e. The van der Waals surface area contributed by atoms with Crippen molar-refractivity contribution in [1.29, 1.82) is 0 Å². The van der Waals surface area contributed by atoms with Crippen molar-refractivity contribution in [2.24, 2.45) is 0 Å². The van der Waals surface area contributed by atoms with Crippen molar-refractivity contribution in [3.63, 3.8) is 0 Å². The van der Waals surface area contributed by atoms with E-state index in [0.717, 1.165) is 0 Å². The molecule has 6 aliphatic rings. The van der Waals surface area contributed by atoms with Crippen LogP contribution in [-0.2, 0) is 52.1 Å². The van der Waals surface area contributed by atoms with Crippen molar-refractivity contribution >= 4 is 0 Å². The van der Waals surface area contributed by atoms with Crippen LogP contribution >= 0.6 is 0 Å². The summed E-state index contributed by atoms with van der Waals surface area (Å²) in [5.74, 6) is 0. The molecule has 6 saturated heterocycles. The third kappa shape index (κ3) is 6.39. The van der Waals surface area contributed by atoms with Crippen LogP contribution < -0.4 is 0 Å². The molecular formula is C26H42O19. The lowest BCUT2D eigenvalue weighted by Gasteiger charge is -2.47. The fourth-order valence-electron chi connectivity index (χ4n) is 6.58. The summed E-state index contributed by atoms with van der Waals surface area (Å²) in [6.07, 6.45) is -26.0. The Bertz CT molecular complexity index is 979. The molecule has 260 valence electrons. The Morgan fingerprint density at radius 1 is 0.489 bits per heavy atom. The largest absolute Gasteiger partial charge is 0.387 e. The lowest BCUT2D eigenvalue weighted by atomic mass is 9.96. The summed E-state index contributed by atoms with van der Waals surface area (Å²) in [7, 11) is 2.74. The highest BCUT2D eigenvalue weighted by Gasteiger charge is 2.58. The maximum absolute atomic E-state index is 11.2. The van der Waals surface area contributed by atoms with Crippen molar-refractivity contribution in [2.45, 2.75) is 123 Å². The van der Waals surface area contributed by atoms with Crippen molar-refractivity contribution in [1.82, 2.24) is 0 Å². The zero-order valence-corrected chi connectivity index (χ0v) is 24.4. The molecule has 19 heteroatoms. The highest BCUT2D eigenvalue weighted by atomic mass is 16.8. The Kier molecular flexibility index (Phi) is 10.6. The third-order valence-electron chi connectivity index (χ3n) is 9.00. The SMILES string of the molecule is COC[C@H]1O[C@H](O)[C@H](O)[C@@H](O[C@@H]2O[C@H]3CO[C@@H]([C@@H]2O)[C@@H]3O[C@@H]2O[C@H](COC)[C@H](O)[C@H](O[C@@H]3O[C@H]4CO[C@@H]([C@@H]3O)[C@@H]4O)[C@H]2O)[C@H]1O. The number of hydrogen-bond acceptors (Lipinski definition) is 19. The van der Waals surface area contributed by atoms with Crippen LogP contribution in [0.4, 0.5) is 0 Å². The van der Waals surface area contributed by atoms with E-state index in [1.165, 1.54) is 14.2 Å². The van der Waals surface area contributed by atoms with E-state index in [0.29, 0.717) is 0 Å². The molecule has 6 fully saturated rings. The molecule has 19 nitrogen and oxygen atoms in total.